The Morgan fingerprint density at radius 2 is 2.04 bits per heavy atom. The number of benzene rings is 1. The molecule has 0 unspecified atom stereocenters. The summed E-state index contributed by atoms with van der Waals surface area (Å²) in [6, 6.07) is 4.65. The molecule has 132 valence electrons. The lowest BCUT2D eigenvalue weighted by atomic mass is 10.0. The van der Waals surface area contributed by atoms with E-state index in [4.69, 9.17) is 0 Å². The lowest BCUT2D eigenvalue weighted by Crippen LogP contribution is -2.29. The fourth-order valence-corrected chi connectivity index (χ4v) is 3.07. The number of carbonyl (C=O) groups is 1. The van der Waals surface area contributed by atoms with Gasteiger partial charge in [0.2, 0.25) is 0 Å². The standard InChI is InChI=1S/C17H25N3O4/c1-12(9-13(2)21)11-18-17(22)14-5-6-15(16(10-14)20(23)24)19-7-3-4-8-19/h5-6,10,12-13,21H,3-4,7-9,11H2,1-2H3,(H,18,22)/t12-,13+/m1/s1. The number of nitro benzene ring substituents is 1. The molecular weight excluding hydrogens is 310 g/mol. The summed E-state index contributed by atoms with van der Waals surface area (Å²) < 4.78 is 0. The minimum Gasteiger partial charge on any atom is -0.393 e. The van der Waals surface area contributed by atoms with E-state index in [0.29, 0.717) is 18.7 Å². The van der Waals surface area contributed by atoms with Gasteiger partial charge in [0.05, 0.1) is 11.0 Å². The molecule has 0 bridgehead atoms. The van der Waals surface area contributed by atoms with Crippen LogP contribution >= 0.6 is 0 Å². The molecule has 2 atom stereocenters. The normalized spacial score (nSPS) is 16.7. The third kappa shape index (κ3) is 4.67. The molecule has 1 saturated heterocycles. The zero-order valence-corrected chi connectivity index (χ0v) is 14.2. The summed E-state index contributed by atoms with van der Waals surface area (Å²) in [5, 5.41) is 23.5. The van der Waals surface area contributed by atoms with Crippen LogP contribution in [-0.4, -0.2) is 41.7 Å². The summed E-state index contributed by atoms with van der Waals surface area (Å²) >= 11 is 0. The average Bonchev–Trinajstić information content (AvgIpc) is 3.05. The van der Waals surface area contributed by atoms with Crippen molar-refractivity contribution in [3.8, 4) is 0 Å². The van der Waals surface area contributed by atoms with Gasteiger partial charge in [-0.2, -0.15) is 0 Å². The molecule has 2 rings (SSSR count). The molecule has 0 radical (unpaired) electrons. The van der Waals surface area contributed by atoms with Gasteiger partial charge in [0.25, 0.3) is 11.6 Å². The largest absolute Gasteiger partial charge is 0.393 e. The summed E-state index contributed by atoms with van der Waals surface area (Å²) in [5.41, 5.74) is 0.840. The van der Waals surface area contributed by atoms with E-state index in [1.807, 2.05) is 11.8 Å². The van der Waals surface area contributed by atoms with Gasteiger partial charge in [0.1, 0.15) is 5.69 Å². The van der Waals surface area contributed by atoms with E-state index in [1.165, 1.54) is 6.07 Å². The molecule has 0 saturated carbocycles. The van der Waals surface area contributed by atoms with Crippen LogP contribution in [0.3, 0.4) is 0 Å². The highest BCUT2D eigenvalue weighted by Crippen LogP contribution is 2.31. The Morgan fingerprint density at radius 1 is 1.38 bits per heavy atom. The fourth-order valence-electron chi connectivity index (χ4n) is 3.07. The van der Waals surface area contributed by atoms with Gasteiger partial charge >= 0.3 is 0 Å². The Morgan fingerprint density at radius 3 is 2.62 bits per heavy atom. The molecule has 1 fully saturated rings. The van der Waals surface area contributed by atoms with E-state index in [9.17, 15) is 20.0 Å². The van der Waals surface area contributed by atoms with E-state index in [-0.39, 0.29) is 23.1 Å². The number of rotatable bonds is 7. The molecule has 1 aromatic carbocycles. The highest BCUT2D eigenvalue weighted by molar-refractivity contribution is 5.95. The molecule has 2 N–H and O–H groups in total. The van der Waals surface area contributed by atoms with Crippen molar-refractivity contribution >= 4 is 17.3 Å². The molecule has 7 heteroatoms. The topological polar surface area (TPSA) is 95.7 Å². The third-order valence-corrected chi connectivity index (χ3v) is 4.24. The van der Waals surface area contributed by atoms with Crippen LogP contribution in [0.25, 0.3) is 0 Å². The fraction of sp³-hybridized carbons (Fsp3) is 0.588. The molecular formula is C17H25N3O4. The van der Waals surface area contributed by atoms with E-state index in [0.717, 1.165) is 25.9 Å². The zero-order chi connectivity index (χ0) is 17.7. The predicted molar refractivity (Wildman–Crippen MR) is 92.3 cm³/mol. The number of carbonyl (C=O) groups excluding carboxylic acids is 1. The summed E-state index contributed by atoms with van der Waals surface area (Å²) in [6.45, 7) is 5.68. The number of anilines is 1. The molecule has 0 spiro atoms. The number of hydrogen-bond donors (Lipinski definition) is 2. The van der Waals surface area contributed by atoms with Crippen LogP contribution in [0.15, 0.2) is 18.2 Å². The predicted octanol–water partition coefficient (Wildman–Crippen LogP) is 2.33. The molecule has 1 aliphatic rings. The van der Waals surface area contributed by atoms with Crippen LogP contribution in [-0.2, 0) is 0 Å². The number of nitrogens with zero attached hydrogens (tertiary/aromatic N) is 2. The van der Waals surface area contributed by atoms with Gasteiger partial charge in [-0.3, -0.25) is 14.9 Å². The van der Waals surface area contributed by atoms with Gasteiger partial charge < -0.3 is 15.3 Å². The Hall–Kier alpha value is -2.15. The number of nitrogens with one attached hydrogen (secondary N) is 1. The van der Waals surface area contributed by atoms with E-state index < -0.39 is 11.0 Å². The Kier molecular flexibility index (Phi) is 6.14. The second-order valence-electron chi connectivity index (χ2n) is 6.55. The van der Waals surface area contributed by atoms with Crippen LogP contribution in [0.1, 0.15) is 43.5 Å². The van der Waals surface area contributed by atoms with Crippen molar-refractivity contribution in [1.82, 2.24) is 5.32 Å². The Bertz CT molecular complexity index is 597. The molecule has 0 aromatic heterocycles. The van der Waals surface area contributed by atoms with Crippen molar-refractivity contribution in [2.75, 3.05) is 24.5 Å². The molecule has 1 aromatic rings. The highest BCUT2D eigenvalue weighted by Gasteiger charge is 2.23. The van der Waals surface area contributed by atoms with Crippen LogP contribution in [0, 0.1) is 16.0 Å². The van der Waals surface area contributed by atoms with Crippen molar-refractivity contribution in [3.63, 3.8) is 0 Å². The van der Waals surface area contributed by atoms with Crippen molar-refractivity contribution in [1.29, 1.82) is 0 Å². The highest BCUT2D eigenvalue weighted by atomic mass is 16.6. The first kappa shape index (κ1) is 18.2. The monoisotopic (exact) mass is 335 g/mol. The van der Waals surface area contributed by atoms with Gasteiger partial charge in [-0.25, -0.2) is 0 Å². The summed E-state index contributed by atoms with van der Waals surface area (Å²) in [6.07, 6.45) is 2.23. The average molecular weight is 335 g/mol. The van der Waals surface area contributed by atoms with E-state index in [1.54, 1.807) is 19.1 Å². The van der Waals surface area contributed by atoms with Crippen LogP contribution in [0.4, 0.5) is 11.4 Å². The smallest absolute Gasteiger partial charge is 0.293 e. The second-order valence-corrected chi connectivity index (χ2v) is 6.55. The second kappa shape index (κ2) is 8.10. The van der Waals surface area contributed by atoms with Crippen molar-refractivity contribution in [2.45, 2.75) is 39.2 Å². The Labute approximate surface area is 141 Å². The van der Waals surface area contributed by atoms with Crippen LogP contribution in [0.5, 0.6) is 0 Å². The quantitative estimate of drug-likeness (QED) is 0.589. The van der Waals surface area contributed by atoms with Crippen LogP contribution < -0.4 is 10.2 Å². The van der Waals surface area contributed by atoms with Crippen molar-refractivity contribution in [2.24, 2.45) is 5.92 Å². The first-order valence-electron chi connectivity index (χ1n) is 8.38. The van der Waals surface area contributed by atoms with Gasteiger partial charge in [0.15, 0.2) is 0 Å². The van der Waals surface area contributed by atoms with Gasteiger partial charge in [-0.1, -0.05) is 6.92 Å². The van der Waals surface area contributed by atoms with Crippen LogP contribution in [0.2, 0.25) is 0 Å². The summed E-state index contributed by atoms with van der Waals surface area (Å²) in [7, 11) is 0. The third-order valence-electron chi connectivity index (χ3n) is 4.24. The maximum atomic E-state index is 12.2. The molecule has 1 amide bonds. The Balaban J connectivity index is 2.08. The molecule has 0 aliphatic carbocycles. The summed E-state index contributed by atoms with van der Waals surface area (Å²) in [5.74, 6) is -0.198. The summed E-state index contributed by atoms with van der Waals surface area (Å²) in [4.78, 5) is 25.2. The van der Waals surface area contributed by atoms with Crippen molar-refractivity contribution in [3.05, 3.63) is 33.9 Å². The maximum absolute atomic E-state index is 12.2. The van der Waals surface area contributed by atoms with E-state index in [2.05, 4.69) is 5.32 Å². The van der Waals surface area contributed by atoms with E-state index >= 15 is 0 Å². The number of hydrogen-bond acceptors (Lipinski definition) is 5. The van der Waals surface area contributed by atoms with Gasteiger partial charge in [0, 0.05) is 31.3 Å². The SMILES string of the molecule is C[C@@H](CNC(=O)c1ccc(N2CCCC2)c([N+](=O)[O-])c1)C[C@H](C)O. The van der Waals surface area contributed by atoms with Crippen molar-refractivity contribution < 1.29 is 14.8 Å². The number of amides is 1. The molecule has 7 nitrogen and oxygen atoms in total. The number of aliphatic hydroxyl groups is 1. The zero-order valence-electron chi connectivity index (χ0n) is 14.2. The first-order chi connectivity index (χ1) is 11.4. The number of aliphatic hydroxyl groups excluding tert-OH is 1. The maximum Gasteiger partial charge on any atom is 0.293 e. The lowest BCUT2D eigenvalue weighted by molar-refractivity contribution is -0.384. The van der Waals surface area contributed by atoms with Gasteiger partial charge in [-0.05, 0) is 44.2 Å². The molecule has 1 heterocycles. The lowest BCUT2D eigenvalue weighted by Gasteiger charge is -2.18. The number of nitro groups is 1. The molecule has 1 aliphatic heterocycles. The van der Waals surface area contributed by atoms with Gasteiger partial charge in [-0.15, -0.1) is 0 Å². The molecule has 24 heavy (non-hydrogen) atoms. The minimum atomic E-state index is -0.430. The minimum absolute atomic E-state index is 0.0263. The first-order valence-corrected chi connectivity index (χ1v) is 8.38.